The van der Waals surface area contributed by atoms with Gasteiger partial charge in [0.2, 0.25) is 5.91 Å². The first-order valence-electron chi connectivity index (χ1n) is 7.32. The second kappa shape index (κ2) is 6.86. The molecule has 1 atom stereocenters. The zero-order valence-corrected chi connectivity index (χ0v) is 12.7. The molecule has 0 spiro atoms. The van der Waals surface area contributed by atoms with Crippen molar-refractivity contribution in [2.75, 3.05) is 38.5 Å². The molecule has 0 saturated carbocycles. The van der Waals surface area contributed by atoms with Crippen LogP contribution in [0, 0.1) is 19.8 Å². The van der Waals surface area contributed by atoms with E-state index in [1.54, 1.807) is 0 Å². The van der Waals surface area contributed by atoms with Gasteiger partial charge in [0.1, 0.15) is 0 Å². The van der Waals surface area contributed by atoms with Gasteiger partial charge in [0, 0.05) is 12.2 Å². The molecule has 1 fully saturated rings. The zero-order chi connectivity index (χ0) is 14.5. The highest BCUT2D eigenvalue weighted by Gasteiger charge is 2.23. The lowest BCUT2D eigenvalue weighted by atomic mass is 10.1. The summed E-state index contributed by atoms with van der Waals surface area (Å²) < 4.78 is 0. The Balaban J connectivity index is 1.82. The minimum atomic E-state index is 0.0818. The molecule has 1 saturated heterocycles. The molecule has 1 aliphatic heterocycles. The summed E-state index contributed by atoms with van der Waals surface area (Å²) in [5.41, 5.74) is 3.35. The van der Waals surface area contributed by atoms with Crippen LogP contribution in [-0.4, -0.2) is 44.0 Å². The number of aryl methyl sites for hydroxylation is 2. The summed E-state index contributed by atoms with van der Waals surface area (Å²) in [4.78, 5) is 14.3. The Morgan fingerprint density at radius 1 is 1.35 bits per heavy atom. The van der Waals surface area contributed by atoms with E-state index in [9.17, 15) is 4.79 Å². The summed E-state index contributed by atoms with van der Waals surface area (Å²) in [7, 11) is 1.98. The molecule has 1 aliphatic rings. The molecule has 0 aromatic heterocycles. The van der Waals surface area contributed by atoms with Crippen LogP contribution in [-0.2, 0) is 4.79 Å². The summed E-state index contributed by atoms with van der Waals surface area (Å²) in [6.45, 7) is 7.71. The summed E-state index contributed by atoms with van der Waals surface area (Å²) in [6, 6.07) is 6.04. The van der Waals surface area contributed by atoms with Crippen LogP contribution in [0.2, 0.25) is 0 Å². The van der Waals surface area contributed by atoms with Gasteiger partial charge in [-0.05, 0) is 69.6 Å². The number of carbonyl (C=O) groups excluding carboxylic acids is 1. The highest BCUT2D eigenvalue weighted by atomic mass is 16.2. The monoisotopic (exact) mass is 275 g/mol. The molecular weight excluding hydrogens is 250 g/mol. The first kappa shape index (κ1) is 15.0. The van der Waals surface area contributed by atoms with E-state index < -0.39 is 0 Å². The zero-order valence-electron chi connectivity index (χ0n) is 12.7. The Kier molecular flexibility index (Phi) is 5.15. The summed E-state index contributed by atoms with van der Waals surface area (Å²) in [6.07, 6.45) is 1.18. The fourth-order valence-electron chi connectivity index (χ4n) is 2.73. The largest absolute Gasteiger partial charge is 0.325 e. The number of nitrogens with zero attached hydrogens (tertiary/aromatic N) is 1. The van der Waals surface area contributed by atoms with Gasteiger partial charge in [-0.15, -0.1) is 0 Å². The van der Waals surface area contributed by atoms with E-state index >= 15 is 0 Å². The maximum atomic E-state index is 12.1. The van der Waals surface area contributed by atoms with Crippen molar-refractivity contribution in [3.05, 3.63) is 29.3 Å². The maximum absolute atomic E-state index is 12.1. The third-order valence-corrected chi connectivity index (χ3v) is 4.02. The van der Waals surface area contributed by atoms with Gasteiger partial charge in [-0.3, -0.25) is 9.69 Å². The lowest BCUT2D eigenvalue weighted by Crippen LogP contribution is -2.32. The molecule has 1 heterocycles. The average molecular weight is 275 g/mol. The summed E-state index contributed by atoms with van der Waals surface area (Å²) >= 11 is 0. The van der Waals surface area contributed by atoms with Crippen molar-refractivity contribution in [2.24, 2.45) is 5.92 Å². The van der Waals surface area contributed by atoms with Gasteiger partial charge < -0.3 is 10.6 Å². The van der Waals surface area contributed by atoms with Crippen molar-refractivity contribution in [1.29, 1.82) is 0 Å². The van der Waals surface area contributed by atoms with Crippen LogP contribution < -0.4 is 10.6 Å². The molecule has 4 heteroatoms. The number of anilines is 1. The van der Waals surface area contributed by atoms with E-state index in [1.807, 2.05) is 25.2 Å². The standard InChI is InChI=1S/C16H25N3O/c1-12-4-5-15(8-13(12)2)18-16(20)11-19-7-6-14(10-19)9-17-3/h4-5,8,14,17H,6-7,9-11H2,1-3H3,(H,18,20). The lowest BCUT2D eigenvalue weighted by molar-refractivity contribution is -0.117. The smallest absolute Gasteiger partial charge is 0.238 e. The van der Waals surface area contributed by atoms with Crippen molar-refractivity contribution in [1.82, 2.24) is 10.2 Å². The minimum Gasteiger partial charge on any atom is -0.325 e. The van der Waals surface area contributed by atoms with Gasteiger partial charge in [0.15, 0.2) is 0 Å². The van der Waals surface area contributed by atoms with Crippen LogP contribution in [0.25, 0.3) is 0 Å². The Hall–Kier alpha value is -1.39. The molecule has 20 heavy (non-hydrogen) atoms. The highest BCUT2D eigenvalue weighted by molar-refractivity contribution is 5.92. The molecular formula is C16H25N3O. The predicted molar refractivity (Wildman–Crippen MR) is 83.0 cm³/mol. The van der Waals surface area contributed by atoms with Crippen LogP contribution in [0.1, 0.15) is 17.5 Å². The quantitative estimate of drug-likeness (QED) is 0.861. The second-order valence-corrected chi connectivity index (χ2v) is 5.79. The van der Waals surface area contributed by atoms with Crippen LogP contribution >= 0.6 is 0 Å². The number of amides is 1. The van der Waals surface area contributed by atoms with Crippen LogP contribution in [0.5, 0.6) is 0 Å². The first-order chi connectivity index (χ1) is 9.58. The van der Waals surface area contributed by atoms with Gasteiger partial charge in [-0.1, -0.05) is 6.07 Å². The number of hydrogen-bond donors (Lipinski definition) is 2. The maximum Gasteiger partial charge on any atom is 0.238 e. The number of carbonyl (C=O) groups is 1. The first-order valence-corrected chi connectivity index (χ1v) is 7.32. The SMILES string of the molecule is CNCC1CCN(CC(=O)Nc2ccc(C)c(C)c2)C1. The van der Waals surface area contributed by atoms with Crippen molar-refractivity contribution >= 4 is 11.6 Å². The minimum absolute atomic E-state index is 0.0818. The lowest BCUT2D eigenvalue weighted by Gasteiger charge is -2.16. The van der Waals surface area contributed by atoms with Crippen molar-refractivity contribution in [3.8, 4) is 0 Å². The van der Waals surface area contributed by atoms with E-state index in [1.165, 1.54) is 17.5 Å². The van der Waals surface area contributed by atoms with Crippen molar-refractivity contribution < 1.29 is 4.79 Å². The van der Waals surface area contributed by atoms with Gasteiger partial charge >= 0.3 is 0 Å². The van der Waals surface area contributed by atoms with Crippen molar-refractivity contribution in [2.45, 2.75) is 20.3 Å². The third-order valence-electron chi connectivity index (χ3n) is 4.02. The van der Waals surface area contributed by atoms with E-state index in [0.29, 0.717) is 12.5 Å². The second-order valence-electron chi connectivity index (χ2n) is 5.79. The van der Waals surface area contributed by atoms with E-state index in [2.05, 4.69) is 29.4 Å². The van der Waals surface area contributed by atoms with Gasteiger partial charge in [0.25, 0.3) is 0 Å². The molecule has 1 aromatic carbocycles. The molecule has 1 unspecified atom stereocenters. The van der Waals surface area contributed by atoms with E-state index in [-0.39, 0.29) is 5.91 Å². The molecule has 0 bridgehead atoms. The highest BCUT2D eigenvalue weighted by Crippen LogP contribution is 2.16. The molecule has 2 rings (SSSR count). The van der Waals surface area contributed by atoms with Gasteiger partial charge in [0.05, 0.1) is 6.54 Å². The number of rotatable bonds is 5. The molecule has 1 aromatic rings. The molecule has 4 nitrogen and oxygen atoms in total. The summed E-state index contributed by atoms with van der Waals surface area (Å²) in [5, 5.41) is 6.20. The van der Waals surface area contributed by atoms with Crippen LogP contribution in [0.4, 0.5) is 5.69 Å². The summed E-state index contributed by atoms with van der Waals surface area (Å²) in [5.74, 6) is 0.757. The fourth-order valence-corrected chi connectivity index (χ4v) is 2.73. The Morgan fingerprint density at radius 3 is 2.85 bits per heavy atom. The number of nitrogens with one attached hydrogen (secondary N) is 2. The number of hydrogen-bond acceptors (Lipinski definition) is 3. The van der Waals surface area contributed by atoms with E-state index in [0.717, 1.165) is 25.3 Å². The molecule has 0 radical (unpaired) electrons. The average Bonchev–Trinajstić information content (AvgIpc) is 2.81. The van der Waals surface area contributed by atoms with E-state index in [4.69, 9.17) is 0 Å². The van der Waals surface area contributed by atoms with Crippen LogP contribution in [0.3, 0.4) is 0 Å². The molecule has 1 amide bonds. The van der Waals surface area contributed by atoms with Crippen LogP contribution in [0.15, 0.2) is 18.2 Å². The predicted octanol–water partition coefficient (Wildman–Crippen LogP) is 1.78. The number of likely N-dealkylation sites (tertiary alicyclic amines) is 1. The third kappa shape index (κ3) is 4.05. The van der Waals surface area contributed by atoms with Gasteiger partial charge in [-0.25, -0.2) is 0 Å². The Bertz CT molecular complexity index is 473. The number of benzene rings is 1. The van der Waals surface area contributed by atoms with Gasteiger partial charge in [-0.2, -0.15) is 0 Å². The normalized spacial score (nSPS) is 19.2. The topological polar surface area (TPSA) is 44.4 Å². The molecule has 110 valence electrons. The van der Waals surface area contributed by atoms with Crippen molar-refractivity contribution in [3.63, 3.8) is 0 Å². The fraction of sp³-hybridized carbons (Fsp3) is 0.562. The molecule has 2 N–H and O–H groups in total. The Morgan fingerprint density at radius 2 is 2.15 bits per heavy atom. The molecule has 0 aliphatic carbocycles. The Labute approximate surface area is 121 Å².